The van der Waals surface area contributed by atoms with Gasteiger partial charge in [0, 0.05) is 5.69 Å². The summed E-state index contributed by atoms with van der Waals surface area (Å²) in [6.45, 7) is 2.08. The van der Waals surface area contributed by atoms with Crippen molar-refractivity contribution < 1.29 is 4.79 Å². The molecule has 0 heterocycles. The van der Waals surface area contributed by atoms with Gasteiger partial charge in [-0.05, 0) is 30.9 Å². The van der Waals surface area contributed by atoms with Crippen LogP contribution in [-0.2, 0) is 11.2 Å². The lowest BCUT2D eigenvalue weighted by Crippen LogP contribution is -2.47. The molecule has 1 aromatic rings. The number of nitrogens with two attached hydrogens (primary N) is 1. The fourth-order valence-corrected chi connectivity index (χ4v) is 3.23. The number of carbonyl (C=O) groups excluding carboxylic acids is 1. The van der Waals surface area contributed by atoms with Crippen LogP contribution in [0.5, 0.6) is 0 Å². The van der Waals surface area contributed by atoms with Crippen molar-refractivity contribution in [2.24, 2.45) is 11.1 Å². The number of rotatable bonds is 4. The summed E-state index contributed by atoms with van der Waals surface area (Å²) in [6.07, 6.45) is 5.60. The Bertz CT molecular complexity index is 507. The van der Waals surface area contributed by atoms with Gasteiger partial charge < -0.3 is 11.1 Å². The number of aryl methyl sites for hydroxylation is 1. The molecule has 0 unspecified atom stereocenters. The van der Waals surface area contributed by atoms with Gasteiger partial charge in [0.05, 0.1) is 10.4 Å². The second kappa shape index (κ2) is 6.35. The Hall–Kier alpha value is -1.42. The van der Waals surface area contributed by atoms with Crippen LogP contribution in [0, 0.1) is 5.41 Å². The first-order valence-corrected chi connectivity index (χ1v) is 7.70. The highest BCUT2D eigenvalue weighted by atomic mass is 32.1. The average molecular weight is 290 g/mol. The minimum absolute atomic E-state index is 0.0365. The van der Waals surface area contributed by atoms with E-state index >= 15 is 0 Å². The van der Waals surface area contributed by atoms with Gasteiger partial charge in [0.2, 0.25) is 5.91 Å². The van der Waals surface area contributed by atoms with Crippen molar-refractivity contribution in [1.29, 1.82) is 0 Å². The van der Waals surface area contributed by atoms with E-state index in [0.717, 1.165) is 49.8 Å². The van der Waals surface area contributed by atoms with Crippen molar-refractivity contribution in [2.75, 3.05) is 5.32 Å². The van der Waals surface area contributed by atoms with Gasteiger partial charge in [-0.15, -0.1) is 0 Å². The molecular formula is C16H22N2OS. The summed E-state index contributed by atoms with van der Waals surface area (Å²) in [7, 11) is 0. The lowest BCUT2D eigenvalue weighted by atomic mass is 9.73. The van der Waals surface area contributed by atoms with E-state index in [1.54, 1.807) is 0 Å². The second-order valence-electron chi connectivity index (χ2n) is 5.47. The number of hydrogen-bond acceptors (Lipinski definition) is 2. The van der Waals surface area contributed by atoms with Gasteiger partial charge >= 0.3 is 0 Å². The number of carbonyl (C=O) groups is 1. The Morgan fingerprint density at radius 3 is 2.55 bits per heavy atom. The van der Waals surface area contributed by atoms with Gasteiger partial charge in [-0.2, -0.15) is 0 Å². The largest absolute Gasteiger partial charge is 0.392 e. The Morgan fingerprint density at radius 1 is 1.30 bits per heavy atom. The summed E-state index contributed by atoms with van der Waals surface area (Å²) in [5.41, 5.74) is 7.25. The minimum atomic E-state index is -0.658. The lowest BCUT2D eigenvalue weighted by molar-refractivity contribution is -0.123. The molecule has 0 aliphatic heterocycles. The maximum Gasteiger partial charge on any atom is 0.237 e. The first-order valence-electron chi connectivity index (χ1n) is 7.29. The molecule has 1 amide bonds. The summed E-state index contributed by atoms with van der Waals surface area (Å²) in [5, 5.41) is 3.05. The van der Waals surface area contributed by atoms with E-state index in [4.69, 9.17) is 18.0 Å². The van der Waals surface area contributed by atoms with E-state index in [1.807, 2.05) is 24.3 Å². The Balaban J connectivity index is 2.23. The predicted molar refractivity (Wildman–Crippen MR) is 86.8 cm³/mol. The van der Waals surface area contributed by atoms with Gasteiger partial charge in [0.15, 0.2) is 0 Å². The van der Waals surface area contributed by atoms with Gasteiger partial charge in [-0.1, -0.05) is 56.6 Å². The highest BCUT2D eigenvalue weighted by Crippen LogP contribution is 2.38. The topological polar surface area (TPSA) is 55.1 Å². The highest BCUT2D eigenvalue weighted by Gasteiger charge is 2.42. The summed E-state index contributed by atoms with van der Waals surface area (Å²) in [4.78, 5) is 13.1. The molecule has 1 fully saturated rings. The molecule has 20 heavy (non-hydrogen) atoms. The maximum absolute atomic E-state index is 12.7. The molecule has 0 radical (unpaired) electrons. The third-order valence-corrected chi connectivity index (χ3v) is 4.65. The van der Waals surface area contributed by atoms with Crippen molar-refractivity contribution in [3.8, 4) is 0 Å². The molecule has 0 aromatic heterocycles. The van der Waals surface area contributed by atoms with Crippen molar-refractivity contribution in [3.05, 3.63) is 29.8 Å². The molecule has 0 bridgehead atoms. The van der Waals surface area contributed by atoms with Crippen molar-refractivity contribution in [1.82, 2.24) is 0 Å². The van der Waals surface area contributed by atoms with Crippen LogP contribution >= 0.6 is 12.2 Å². The number of thiocarbonyl (C=S) groups is 1. The zero-order valence-corrected chi connectivity index (χ0v) is 12.8. The molecule has 1 aliphatic carbocycles. The van der Waals surface area contributed by atoms with Gasteiger partial charge in [-0.3, -0.25) is 4.79 Å². The SMILES string of the molecule is CCc1ccccc1NC(=O)C1(C(N)=S)CCCCC1. The quantitative estimate of drug-likeness (QED) is 0.835. The smallest absolute Gasteiger partial charge is 0.237 e. The fourth-order valence-electron chi connectivity index (χ4n) is 2.93. The second-order valence-corrected chi connectivity index (χ2v) is 5.91. The molecule has 0 saturated heterocycles. The Kier molecular flexibility index (Phi) is 4.76. The van der Waals surface area contributed by atoms with E-state index < -0.39 is 5.41 Å². The van der Waals surface area contributed by atoms with E-state index in [-0.39, 0.29) is 5.91 Å². The van der Waals surface area contributed by atoms with Crippen molar-refractivity contribution in [2.45, 2.75) is 45.4 Å². The molecule has 4 heteroatoms. The number of benzene rings is 1. The molecule has 1 aliphatic rings. The molecule has 1 saturated carbocycles. The first kappa shape index (κ1) is 15.0. The molecule has 0 spiro atoms. The zero-order chi connectivity index (χ0) is 14.6. The number of para-hydroxylation sites is 1. The summed E-state index contributed by atoms with van der Waals surface area (Å²) in [6, 6.07) is 7.89. The van der Waals surface area contributed by atoms with Crippen LogP contribution < -0.4 is 11.1 Å². The van der Waals surface area contributed by atoms with Crippen molar-refractivity contribution >= 4 is 28.8 Å². The van der Waals surface area contributed by atoms with Crippen LogP contribution in [0.25, 0.3) is 0 Å². The number of nitrogens with one attached hydrogen (secondary N) is 1. The van der Waals surface area contributed by atoms with E-state index in [2.05, 4.69) is 12.2 Å². The maximum atomic E-state index is 12.7. The van der Waals surface area contributed by atoms with E-state index in [0.29, 0.717) is 4.99 Å². The molecule has 2 rings (SSSR count). The molecular weight excluding hydrogens is 268 g/mol. The Labute approximate surface area is 125 Å². The van der Waals surface area contributed by atoms with Crippen molar-refractivity contribution in [3.63, 3.8) is 0 Å². The van der Waals surface area contributed by atoms with Crippen LogP contribution in [0.3, 0.4) is 0 Å². The van der Waals surface area contributed by atoms with Crippen LogP contribution in [-0.4, -0.2) is 10.9 Å². The third kappa shape index (κ3) is 2.85. The van der Waals surface area contributed by atoms with Crippen LogP contribution in [0.15, 0.2) is 24.3 Å². The van der Waals surface area contributed by atoms with Gasteiger partial charge in [0.1, 0.15) is 0 Å². The number of anilines is 1. The highest BCUT2D eigenvalue weighted by molar-refractivity contribution is 7.80. The molecule has 0 atom stereocenters. The van der Waals surface area contributed by atoms with Crippen LogP contribution in [0.2, 0.25) is 0 Å². The van der Waals surface area contributed by atoms with Crippen LogP contribution in [0.4, 0.5) is 5.69 Å². The average Bonchev–Trinajstić information content (AvgIpc) is 2.48. The predicted octanol–water partition coefficient (Wildman–Crippen LogP) is 3.42. The minimum Gasteiger partial charge on any atom is -0.392 e. The summed E-state index contributed by atoms with van der Waals surface area (Å²) < 4.78 is 0. The molecule has 3 N–H and O–H groups in total. The van der Waals surface area contributed by atoms with Gasteiger partial charge in [-0.25, -0.2) is 0 Å². The molecule has 108 valence electrons. The monoisotopic (exact) mass is 290 g/mol. The number of amides is 1. The summed E-state index contributed by atoms with van der Waals surface area (Å²) >= 11 is 5.20. The van der Waals surface area contributed by atoms with E-state index in [9.17, 15) is 4.79 Å². The lowest BCUT2D eigenvalue weighted by Gasteiger charge is -2.35. The summed E-state index contributed by atoms with van der Waals surface area (Å²) in [5.74, 6) is -0.0365. The van der Waals surface area contributed by atoms with E-state index in [1.165, 1.54) is 0 Å². The third-order valence-electron chi connectivity index (χ3n) is 4.26. The number of hydrogen-bond donors (Lipinski definition) is 2. The first-order chi connectivity index (χ1) is 9.60. The normalized spacial score (nSPS) is 17.4. The fraction of sp³-hybridized carbons (Fsp3) is 0.500. The molecule has 1 aromatic carbocycles. The van der Waals surface area contributed by atoms with Crippen LogP contribution in [0.1, 0.15) is 44.6 Å². The Morgan fingerprint density at radius 2 is 1.95 bits per heavy atom. The zero-order valence-electron chi connectivity index (χ0n) is 11.9. The molecule has 3 nitrogen and oxygen atoms in total. The van der Waals surface area contributed by atoms with Gasteiger partial charge in [0.25, 0.3) is 0 Å². The standard InChI is InChI=1S/C16H22N2OS/c1-2-12-8-4-5-9-13(12)18-15(19)16(14(17)20)10-6-3-7-11-16/h4-5,8-9H,2-3,6-7,10-11H2,1H3,(H2,17,20)(H,18,19).